The lowest BCUT2D eigenvalue weighted by molar-refractivity contribution is -0.136. The molecule has 0 atom stereocenters. The molecule has 0 unspecified atom stereocenters. The molecule has 6 nitrogen and oxygen atoms in total. The first-order valence-corrected chi connectivity index (χ1v) is 9.97. The number of carbonyl (C=O) groups excluding carboxylic acids is 2. The summed E-state index contributed by atoms with van der Waals surface area (Å²) in [5.41, 5.74) is 7.98. The number of H-pyrrole nitrogens is 1. The van der Waals surface area contributed by atoms with Crippen molar-refractivity contribution in [2.75, 3.05) is 32.7 Å². The molecule has 0 bridgehead atoms. The molecule has 1 aromatic carbocycles. The van der Waals surface area contributed by atoms with Gasteiger partial charge in [0.15, 0.2) is 0 Å². The van der Waals surface area contributed by atoms with Crippen LogP contribution in [0.5, 0.6) is 0 Å². The minimum absolute atomic E-state index is 0.0685. The highest BCUT2D eigenvalue weighted by atomic mass is 16.2. The van der Waals surface area contributed by atoms with Crippen molar-refractivity contribution < 1.29 is 9.59 Å². The lowest BCUT2D eigenvalue weighted by Gasteiger charge is -2.35. The molecule has 2 aromatic rings. The number of nitrogens with zero attached hydrogens (tertiary/aromatic N) is 2. The molecule has 2 saturated heterocycles. The minimum Gasteiger partial charge on any atom is -0.369 e. The van der Waals surface area contributed by atoms with Crippen LogP contribution in [-0.4, -0.2) is 59.3 Å². The summed E-state index contributed by atoms with van der Waals surface area (Å²) in [6.45, 7) is 3.69. The molecule has 27 heavy (non-hydrogen) atoms. The van der Waals surface area contributed by atoms with Crippen LogP contribution in [0.2, 0.25) is 0 Å². The van der Waals surface area contributed by atoms with Crippen LogP contribution in [0.3, 0.4) is 0 Å². The van der Waals surface area contributed by atoms with Crippen molar-refractivity contribution in [2.45, 2.75) is 31.6 Å². The van der Waals surface area contributed by atoms with E-state index in [0.29, 0.717) is 38.4 Å². The van der Waals surface area contributed by atoms with Crippen molar-refractivity contribution in [3.63, 3.8) is 0 Å². The number of fused-ring (bicyclic) bond motifs is 1. The summed E-state index contributed by atoms with van der Waals surface area (Å²) in [7, 11) is 0. The number of likely N-dealkylation sites (tertiary alicyclic amines) is 2. The predicted octanol–water partition coefficient (Wildman–Crippen LogP) is 2.07. The fourth-order valence-electron chi connectivity index (χ4n) is 4.54. The van der Waals surface area contributed by atoms with Crippen LogP contribution in [0.1, 0.15) is 37.2 Å². The third-order valence-corrected chi connectivity index (χ3v) is 6.26. The summed E-state index contributed by atoms with van der Waals surface area (Å²) in [6, 6.07) is 8.46. The molecule has 2 fully saturated rings. The molecule has 6 heteroatoms. The number of hydrogen-bond donors (Lipinski definition) is 2. The van der Waals surface area contributed by atoms with E-state index in [1.165, 1.54) is 16.5 Å². The number of nitrogens with two attached hydrogens (primary N) is 1. The number of piperidine rings is 2. The van der Waals surface area contributed by atoms with Gasteiger partial charge in [-0.25, -0.2) is 0 Å². The van der Waals surface area contributed by atoms with Crippen molar-refractivity contribution >= 4 is 22.7 Å². The Kier molecular flexibility index (Phi) is 5.16. The van der Waals surface area contributed by atoms with Gasteiger partial charge in [0.25, 0.3) is 0 Å². The van der Waals surface area contributed by atoms with E-state index in [4.69, 9.17) is 5.73 Å². The molecule has 2 aliphatic heterocycles. The Morgan fingerprint density at radius 1 is 1.04 bits per heavy atom. The Bertz CT molecular complexity index is 814. The van der Waals surface area contributed by atoms with Crippen molar-refractivity contribution in [1.82, 2.24) is 14.8 Å². The summed E-state index contributed by atoms with van der Waals surface area (Å²) in [5.74, 6) is 0.435. The number of aromatic amines is 1. The van der Waals surface area contributed by atoms with Crippen molar-refractivity contribution in [2.24, 2.45) is 11.7 Å². The second kappa shape index (κ2) is 7.72. The second-order valence-electron chi connectivity index (χ2n) is 7.90. The van der Waals surface area contributed by atoms with Gasteiger partial charge in [0.05, 0.1) is 6.54 Å². The molecule has 0 aliphatic carbocycles. The summed E-state index contributed by atoms with van der Waals surface area (Å²) < 4.78 is 0. The minimum atomic E-state index is -0.235. The third-order valence-electron chi connectivity index (χ3n) is 6.26. The molecule has 4 rings (SSSR count). The third kappa shape index (κ3) is 3.86. The average Bonchev–Trinajstić information content (AvgIpc) is 3.13. The van der Waals surface area contributed by atoms with Gasteiger partial charge in [0.1, 0.15) is 0 Å². The number of carbonyl (C=O) groups is 2. The van der Waals surface area contributed by atoms with Crippen LogP contribution in [0.4, 0.5) is 0 Å². The highest BCUT2D eigenvalue weighted by Gasteiger charge is 2.28. The van der Waals surface area contributed by atoms with E-state index < -0.39 is 0 Å². The van der Waals surface area contributed by atoms with Gasteiger partial charge in [-0.1, -0.05) is 18.2 Å². The molecule has 0 saturated carbocycles. The van der Waals surface area contributed by atoms with Gasteiger partial charge in [-0.05, 0) is 56.3 Å². The maximum atomic E-state index is 12.6. The zero-order chi connectivity index (χ0) is 18.8. The van der Waals surface area contributed by atoms with E-state index in [-0.39, 0.29) is 17.7 Å². The largest absolute Gasteiger partial charge is 0.369 e. The highest BCUT2D eigenvalue weighted by molar-refractivity contribution is 5.83. The first kappa shape index (κ1) is 18.0. The monoisotopic (exact) mass is 368 g/mol. The molecule has 0 spiro atoms. The number of aromatic nitrogens is 1. The average molecular weight is 368 g/mol. The molecular formula is C21H28N4O2. The Labute approximate surface area is 159 Å². The molecule has 2 aliphatic rings. The quantitative estimate of drug-likeness (QED) is 0.867. The molecule has 144 valence electrons. The SMILES string of the molecule is NC(=O)C1CCN(C(=O)CN2CCC(c3c[nH]c4ccccc34)CC2)CC1. The van der Waals surface area contributed by atoms with E-state index >= 15 is 0 Å². The fraction of sp³-hybridized carbons (Fsp3) is 0.524. The van der Waals surface area contributed by atoms with Crippen molar-refractivity contribution in [3.05, 3.63) is 36.0 Å². The summed E-state index contributed by atoms with van der Waals surface area (Å²) in [6.07, 6.45) is 5.71. The standard InChI is InChI=1S/C21H28N4O2/c22-21(27)16-7-11-25(12-8-16)20(26)14-24-9-5-15(6-10-24)18-13-23-19-4-2-1-3-17(18)19/h1-4,13,15-16,23H,5-12,14H2,(H2,22,27). The van der Waals surface area contributed by atoms with Gasteiger partial charge in [0, 0.05) is 36.1 Å². The number of rotatable bonds is 4. The van der Waals surface area contributed by atoms with E-state index in [1.54, 1.807) is 0 Å². The Morgan fingerprint density at radius 2 is 1.74 bits per heavy atom. The smallest absolute Gasteiger partial charge is 0.236 e. The lowest BCUT2D eigenvalue weighted by Crippen LogP contribution is -2.47. The van der Waals surface area contributed by atoms with Crippen molar-refractivity contribution in [3.8, 4) is 0 Å². The summed E-state index contributed by atoms with van der Waals surface area (Å²) in [5, 5.41) is 1.32. The molecule has 2 amide bonds. The van der Waals surface area contributed by atoms with Gasteiger partial charge >= 0.3 is 0 Å². The normalized spacial score (nSPS) is 20.2. The van der Waals surface area contributed by atoms with Crippen LogP contribution in [0, 0.1) is 5.92 Å². The van der Waals surface area contributed by atoms with Gasteiger partial charge in [-0.2, -0.15) is 0 Å². The van der Waals surface area contributed by atoms with Crippen LogP contribution >= 0.6 is 0 Å². The van der Waals surface area contributed by atoms with Crippen LogP contribution in [0.25, 0.3) is 10.9 Å². The Hall–Kier alpha value is -2.34. The Balaban J connectivity index is 1.28. The maximum absolute atomic E-state index is 12.6. The predicted molar refractivity (Wildman–Crippen MR) is 105 cm³/mol. The van der Waals surface area contributed by atoms with Gasteiger partial charge in [-0.15, -0.1) is 0 Å². The van der Waals surface area contributed by atoms with E-state index in [1.807, 2.05) is 4.90 Å². The van der Waals surface area contributed by atoms with Crippen LogP contribution in [-0.2, 0) is 9.59 Å². The van der Waals surface area contributed by atoms with E-state index in [0.717, 1.165) is 25.9 Å². The van der Waals surface area contributed by atoms with E-state index in [2.05, 4.69) is 40.3 Å². The summed E-state index contributed by atoms with van der Waals surface area (Å²) >= 11 is 0. The van der Waals surface area contributed by atoms with Gasteiger partial charge in [-0.3, -0.25) is 14.5 Å². The summed E-state index contributed by atoms with van der Waals surface area (Å²) in [4.78, 5) is 31.4. The number of nitrogens with one attached hydrogen (secondary N) is 1. The molecule has 0 radical (unpaired) electrons. The van der Waals surface area contributed by atoms with Gasteiger partial charge < -0.3 is 15.6 Å². The van der Waals surface area contributed by atoms with Crippen LogP contribution in [0.15, 0.2) is 30.5 Å². The van der Waals surface area contributed by atoms with E-state index in [9.17, 15) is 9.59 Å². The fourth-order valence-corrected chi connectivity index (χ4v) is 4.54. The highest BCUT2D eigenvalue weighted by Crippen LogP contribution is 2.33. The van der Waals surface area contributed by atoms with Crippen molar-refractivity contribution in [1.29, 1.82) is 0 Å². The molecule has 3 heterocycles. The topological polar surface area (TPSA) is 82.4 Å². The lowest BCUT2D eigenvalue weighted by atomic mass is 9.89. The number of amides is 2. The van der Waals surface area contributed by atoms with Crippen LogP contribution < -0.4 is 5.73 Å². The first-order chi connectivity index (χ1) is 13.1. The first-order valence-electron chi connectivity index (χ1n) is 9.97. The second-order valence-corrected chi connectivity index (χ2v) is 7.90. The molecule has 1 aromatic heterocycles. The number of primary amides is 1. The maximum Gasteiger partial charge on any atom is 0.236 e. The molecular weight excluding hydrogens is 340 g/mol. The zero-order valence-electron chi connectivity index (χ0n) is 15.7. The number of para-hydroxylation sites is 1. The number of hydrogen-bond acceptors (Lipinski definition) is 3. The van der Waals surface area contributed by atoms with Gasteiger partial charge in [0.2, 0.25) is 11.8 Å². The molecule has 3 N–H and O–H groups in total. The number of benzene rings is 1. The Morgan fingerprint density at radius 3 is 2.44 bits per heavy atom. The zero-order valence-corrected chi connectivity index (χ0v) is 15.7.